The fraction of sp³-hybridized carbons (Fsp3) is 0.345. The van der Waals surface area contributed by atoms with Gasteiger partial charge in [-0.05, 0) is 67.6 Å². The molecule has 1 aliphatic heterocycles. The van der Waals surface area contributed by atoms with Gasteiger partial charge in [0.15, 0.2) is 5.65 Å². The molecule has 8 heteroatoms. The van der Waals surface area contributed by atoms with Crippen LogP contribution in [0.2, 0.25) is 0 Å². The third-order valence-electron chi connectivity index (χ3n) is 7.73. The minimum Gasteiger partial charge on any atom is -0.379 e. The number of morpholine rings is 1. The van der Waals surface area contributed by atoms with Crippen LogP contribution in [0.15, 0.2) is 66.7 Å². The topological polar surface area (TPSA) is 83.8 Å². The van der Waals surface area contributed by atoms with E-state index in [9.17, 15) is 4.79 Å². The molecule has 7 rings (SSSR count). The van der Waals surface area contributed by atoms with Crippen LogP contribution < -0.4 is 10.6 Å². The predicted octanol–water partition coefficient (Wildman–Crippen LogP) is 4.35. The monoisotopic (exact) mass is 494 g/mol. The van der Waals surface area contributed by atoms with Gasteiger partial charge in [0, 0.05) is 41.5 Å². The zero-order valence-electron chi connectivity index (χ0n) is 20.7. The lowest BCUT2D eigenvalue weighted by molar-refractivity contribution is 0.00835. The minimum absolute atomic E-state index is 0.0203. The van der Waals surface area contributed by atoms with E-state index in [0.29, 0.717) is 17.6 Å². The van der Waals surface area contributed by atoms with Gasteiger partial charge in [-0.1, -0.05) is 30.3 Å². The standard InChI is InChI=1S/C29H30N6O2/c36-27(30-23-12-13-23)21-6-10-24(11-7-21)31-28-32-26-3-1-2-25(35(26)33-28)20-4-8-22(9-5-20)29(14-15-29)34-16-18-37-19-17-34/h1-11,23H,12-19H2,(H,30,36)(H,31,33). The highest BCUT2D eigenvalue weighted by atomic mass is 16.5. The van der Waals surface area contributed by atoms with E-state index in [4.69, 9.17) is 9.84 Å². The number of nitrogens with zero attached hydrogens (tertiary/aromatic N) is 4. The summed E-state index contributed by atoms with van der Waals surface area (Å²) >= 11 is 0. The van der Waals surface area contributed by atoms with Crippen LogP contribution in [0.3, 0.4) is 0 Å². The number of amides is 1. The van der Waals surface area contributed by atoms with Crippen molar-refractivity contribution in [3.63, 3.8) is 0 Å². The first-order chi connectivity index (χ1) is 18.2. The quantitative estimate of drug-likeness (QED) is 0.397. The van der Waals surface area contributed by atoms with Crippen LogP contribution in [0.1, 0.15) is 41.6 Å². The number of benzene rings is 2. The first-order valence-electron chi connectivity index (χ1n) is 13.2. The van der Waals surface area contributed by atoms with Crippen molar-refractivity contribution in [2.75, 3.05) is 31.6 Å². The molecule has 2 aromatic carbocycles. The Balaban J connectivity index is 1.10. The van der Waals surface area contributed by atoms with E-state index < -0.39 is 0 Å². The third kappa shape index (κ3) is 4.36. The SMILES string of the molecule is O=C(NC1CC1)c1ccc(Nc2nc3cccc(-c4ccc(C5(N6CCOCC6)CC5)cc4)n3n2)cc1. The van der Waals surface area contributed by atoms with Crippen molar-refractivity contribution >= 4 is 23.2 Å². The van der Waals surface area contributed by atoms with Crippen molar-refractivity contribution in [1.29, 1.82) is 0 Å². The van der Waals surface area contributed by atoms with Crippen LogP contribution in [0.5, 0.6) is 0 Å². The van der Waals surface area contributed by atoms with Gasteiger partial charge >= 0.3 is 0 Å². The Morgan fingerprint density at radius 2 is 1.70 bits per heavy atom. The lowest BCUT2D eigenvalue weighted by Crippen LogP contribution is -2.43. The molecule has 2 aliphatic carbocycles. The van der Waals surface area contributed by atoms with E-state index >= 15 is 0 Å². The summed E-state index contributed by atoms with van der Waals surface area (Å²) in [5, 5.41) is 11.0. The highest BCUT2D eigenvalue weighted by Gasteiger charge is 2.49. The maximum atomic E-state index is 12.2. The maximum absolute atomic E-state index is 12.2. The van der Waals surface area contributed by atoms with E-state index in [0.717, 1.165) is 61.7 Å². The highest BCUT2D eigenvalue weighted by molar-refractivity contribution is 5.95. The van der Waals surface area contributed by atoms with Crippen LogP contribution in [0, 0.1) is 0 Å². The van der Waals surface area contributed by atoms with E-state index in [1.807, 2.05) is 40.9 Å². The molecule has 188 valence electrons. The number of anilines is 2. The summed E-state index contributed by atoms with van der Waals surface area (Å²) in [6.45, 7) is 3.66. The van der Waals surface area contributed by atoms with Crippen molar-refractivity contribution < 1.29 is 9.53 Å². The molecular weight excluding hydrogens is 464 g/mol. The molecule has 0 spiro atoms. The molecular formula is C29H30N6O2. The summed E-state index contributed by atoms with van der Waals surface area (Å²) < 4.78 is 7.45. The molecule has 3 heterocycles. The Kier molecular flexibility index (Phi) is 5.44. The second-order valence-electron chi connectivity index (χ2n) is 10.3. The average Bonchev–Trinajstić information content (AvgIpc) is 3.87. The van der Waals surface area contributed by atoms with Gasteiger partial charge in [-0.3, -0.25) is 9.69 Å². The van der Waals surface area contributed by atoms with Crippen LogP contribution >= 0.6 is 0 Å². The number of fused-ring (bicyclic) bond motifs is 1. The molecule has 0 atom stereocenters. The smallest absolute Gasteiger partial charge is 0.251 e. The maximum Gasteiger partial charge on any atom is 0.251 e. The van der Waals surface area contributed by atoms with Gasteiger partial charge in [0.25, 0.3) is 5.91 Å². The Labute approximate surface area is 215 Å². The molecule has 1 amide bonds. The van der Waals surface area contributed by atoms with Crippen LogP contribution in [0.25, 0.3) is 16.9 Å². The molecule has 3 fully saturated rings. The Morgan fingerprint density at radius 3 is 2.41 bits per heavy atom. The summed E-state index contributed by atoms with van der Waals surface area (Å²) in [5.41, 5.74) is 5.95. The summed E-state index contributed by atoms with van der Waals surface area (Å²) in [6.07, 6.45) is 4.58. The summed E-state index contributed by atoms with van der Waals surface area (Å²) in [4.78, 5) is 19.5. The van der Waals surface area contributed by atoms with Gasteiger partial charge in [-0.15, -0.1) is 5.10 Å². The van der Waals surface area contributed by atoms with Gasteiger partial charge < -0.3 is 15.4 Å². The number of hydrogen-bond acceptors (Lipinski definition) is 6. The number of pyridine rings is 1. The average molecular weight is 495 g/mol. The number of ether oxygens (including phenoxy) is 1. The van der Waals surface area contributed by atoms with E-state index in [1.165, 1.54) is 18.4 Å². The number of rotatable bonds is 7. The molecule has 8 nitrogen and oxygen atoms in total. The largest absolute Gasteiger partial charge is 0.379 e. The second kappa shape index (κ2) is 8.97. The van der Waals surface area contributed by atoms with Crippen molar-refractivity contribution in [3.05, 3.63) is 77.9 Å². The minimum atomic E-state index is -0.0203. The molecule has 4 aromatic rings. The number of nitrogens with one attached hydrogen (secondary N) is 2. The van der Waals surface area contributed by atoms with E-state index in [-0.39, 0.29) is 11.4 Å². The second-order valence-corrected chi connectivity index (χ2v) is 10.3. The van der Waals surface area contributed by atoms with Crippen LogP contribution in [0.4, 0.5) is 11.6 Å². The van der Waals surface area contributed by atoms with Crippen molar-refractivity contribution in [2.24, 2.45) is 0 Å². The molecule has 1 saturated heterocycles. The van der Waals surface area contributed by atoms with Gasteiger partial charge in [0.2, 0.25) is 5.95 Å². The summed E-state index contributed by atoms with van der Waals surface area (Å²) in [6, 6.07) is 22.7. The Morgan fingerprint density at radius 1 is 0.946 bits per heavy atom. The normalized spacial score (nSPS) is 19.0. The van der Waals surface area contributed by atoms with Gasteiger partial charge in [0.05, 0.1) is 18.9 Å². The van der Waals surface area contributed by atoms with E-state index in [1.54, 1.807) is 0 Å². The molecule has 0 unspecified atom stereocenters. The fourth-order valence-corrected chi connectivity index (χ4v) is 5.36. The molecule has 2 aromatic heterocycles. The Hall–Kier alpha value is -3.75. The number of carbonyl (C=O) groups is 1. The third-order valence-corrected chi connectivity index (χ3v) is 7.73. The number of aromatic nitrogens is 3. The van der Waals surface area contributed by atoms with Gasteiger partial charge in [-0.2, -0.15) is 4.98 Å². The summed E-state index contributed by atoms with van der Waals surface area (Å²) in [7, 11) is 0. The number of carbonyl (C=O) groups excluding carboxylic acids is 1. The molecule has 2 saturated carbocycles. The highest BCUT2D eigenvalue weighted by Crippen LogP contribution is 2.51. The van der Waals surface area contributed by atoms with Crippen molar-refractivity contribution in [1.82, 2.24) is 24.8 Å². The fourth-order valence-electron chi connectivity index (χ4n) is 5.36. The lowest BCUT2D eigenvalue weighted by atomic mass is 9.99. The van der Waals surface area contributed by atoms with Crippen LogP contribution in [-0.4, -0.2) is 57.8 Å². The molecule has 37 heavy (non-hydrogen) atoms. The van der Waals surface area contributed by atoms with Gasteiger partial charge in [-0.25, -0.2) is 4.52 Å². The first kappa shape index (κ1) is 22.4. The van der Waals surface area contributed by atoms with Crippen LogP contribution in [-0.2, 0) is 10.3 Å². The van der Waals surface area contributed by atoms with E-state index in [2.05, 4.69) is 50.8 Å². The zero-order valence-corrected chi connectivity index (χ0v) is 20.7. The zero-order chi connectivity index (χ0) is 24.8. The Bertz CT molecular complexity index is 1430. The molecule has 3 aliphatic rings. The first-order valence-corrected chi connectivity index (χ1v) is 13.2. The molecule has 0 bridgehead atoms. The van der Waals surface area contributed by atoms with Crippen molar-refractivity contribution in [2.45, 2.75) is 37.3 Å². The van der Waals surface area contributed by atoms with Crippen molar-refractivity contribution in [3.8, 4) is 11.3 Å². The lowest BCUT2D eigenvalue weighted by Gasteiger charge is -2.35. The van der Waals surface area contributed by atoms with Gasteiger partial charge in [0.1, 0.15) is 0 Å². The molecule has 0 radical (unpaired) electrons. The molecule has 2 N–H and O–H groups in total. The number of hydrogen-bond donors (Lipinski definition) is 2. The summed E-state index contributed by atoms with van der Waals surface area (Å²) in [5.74, 6) is 0.497. The predicted molar refractivity (Wildman–Crippen MR) is 142 cm³/mol.